The van der Waals surface area contributed by atoms with Gasteiger partial charge in [0.25, 0.3) is 0 Å². The molecule has 0 bridgehead atoms. The van der Waals surface area contributed by atoms with Gasteiger partial charge in [0.15, 0.2) is 0 Å². The fraction of sp³-hybridized carbons (Fsp3) is 0.833. The van der Waals surface area contributed by atoms with Crippen molar-refractivity contribution in [1.29, 1.82) is 0 Å². The van der Waals surface area contributed by atoms with Gasteiger partial charge in [-0.25, -0.2) is 0 Å². The van der Waals surface area contributed by atoms with Crippen LogP contribution in [0, 0.1) is 5.41 Å². The van der Waals surface area contributed by atoms with Crippen LogP contribution in [0.25, 0.3) is 0 Å². The predicted octanol–water partition coefficient (Wildman–Crippen LogP) is -0.747. The molecule has 0 spiro atoms. The molecule has 1 heterocycles. The van der Waals surface area contributed by atoms with Crippen molar-refractivity contribution in [2.24, 2.45) is 5.41 Å². The van der Waals surface area contributed by atoms with Crippen LogP contribution in [0.2, 0.25) is 0 Å². The average molecular weight is 257 g/mol. The quantitative estimate of drug-likeness (QED) is 0.606. The van der Waals surface area contributed by atoms with Crippen LogP contribution in [0.15, 0.2) is 0 Å². The van der Waals surface area contributed by atoms with Crippen molar-refractivity contribution in [3.63, 3.8) is 0 Å². The van der Waals surface area contributed by atoms with E-state index in [2.05, 4.69) is 16.0 Å². The Balaban J connectivity index is 2.67. The van der Waals surface area contributed by atoms with Crippen LogP contribution < -0.4 is 16.0 Å². The molecule has 1 unspecified atom stereocenters. The van der Waals surface area contributed by atoms with E-state index in [4.69, 9.17) is 4.74 Å². The smallest absolute Gasteiger partial charge is 0.242 e. The van der Waals surface area contributed by atoms with Crippen LogP contribution in [0.1, 0.15) is 19.8 Å². The second kappa shape index (κ2) is 6.70. The van der Waals surface area contributed by atoms with Crippen LogP contribution in [0.5, 0.6) is 0 Å². The number of nitrogens with one attached hydrogen (secondary N) is 3. The normalized spacial score (nSPS) is 19.9. The second-order valence-electron chi connectivity index (χ2n) is 4.77. The highest BCUT2D eigenvalue weighted by Gasteiger charge is 2.40. The Morgan fingerprint density at radius 1 is 1.39 bits per heavy atom. The zero-order valence-corrected chi connectivity index (χ0v) is 11.3. The molecule has 3 N–H and O–H groups in total. The van der Waals surface area contributed by atoms with E-state index in [9.17, 15) is 9.59 Å². The van der Waals surface area contributed by atoms with E-state index in [1.165, 1.54) is 0 Å². The Kier molecular flexibility index (Phi) is 5.55. The standard InChI is InChI=1S/C12H23N3O3/c1-9(10(16)13-2)15-11(17)12(8-18-3)4-6-14-7-5-12/h9,14H,4-8H2,1-3H3,(H,13,16)(H,15,17). The van der Waals surface area contributed by atoms with Crippen molar-refractivity contribution in [2.45, 2.75) is 25.8 Å². The molecule has 0 aromatic carbocycles. The molecular weight excluding hydrogens is 234 g/mol. The van der Waals surface area contributed by atoms with Crippen molar-refractivity contribution in [3.05, 3.63) is 0 Å². The summed E-state index contributed by atoms with van der Waals surface area (Å²) < 4.78 is 5.19. The molecule has 0 saturated carbocycles. The zero-order valence-electron chi connectivity index (χ0n) is 11.3. The van der Waals surface area contributed by atoms with E-state index in [-0.39, 0.29) is 11.8 Å². The first-order chi connectivity index (χ1) is 8.55. The summed E-state index contributed by atoms with van der Waals surface area (Å²) in [6.07, 6.45) is 1.46. The molecular formula is C12H23N3O3. The van der Waals surface area contributed by atoms with Crippen LogP contribution >= 0.6 is 0 Å². The molecule has 0 aromatic heterocycles. The lowest BCUT2D eigenvalue weighted by molar-refractivity contribution is -0.139. The zero-order chi connectivity index (χ0) is 13.6. The minimum Gasteiger partial charge on any atom is -0.384 e. The monoisotopic (exact) mass is 257 g/mol. The van der Waals surface area contributed by atoms with Crippen LogP contribution in [0.3, 0.4) is 0 Å². The molecule has 1 aliphatic heterocycles. The lowest BCUT2D eigenvalue weighted by Crippen LogP contribution is -2.54. The molecule has 1 rings (SSSR count). The maximum atomic E-state index is 12.3. The number of rotatable bonds is 5. The first kappa shape index (κ1) is 14.9. The predicted molar refractivity (Wildman–Crippen MR) is 68.1 cm³/mol. The van der Waals surface area contributed by atoms with E-state index < -0.39 is 11.5 Å². The molecule has 2 amide bonds. The van der Waals surface area contributed by atoms with Crippen LogP contribution in [-0.2, 0) is 14.3 Å². The summed E-state index contributed by atoms with van der Waals surface area (Å²) in [6.45, 7) is 3.66. The molecule has 0 aliphatic carbocycles. The maximum Gasteiger partial charge on any atom is 0.242 e. The number of carbonyl (C=O) groups excluding carboxylic acids is 2. The van der Waals surface area contributed by atoms with Crippen LogP contribution in [-0.4, -0.2) is 51.7 Å². The number of hydrogen-bond donors (Lipinski definition) is 3. The molecule has 1 atom stereocenters. The SMILES string of the molecule is CNC(=O)C(C)NC(=O)C1(COC)CCNCC1. The largest absolute Gasteiger partial charge is 0.384 e. The van der Waals surface area contributed by atoms with Gasteiger partial charge < -0.3 is 20.7 Å². The minimum atomic E-state index is -0.522. The number of ether oxygens (including phenoxy) is 1. The Labute approximate surface area is 108 Å². The molecule has 6 heteroatoms. The van der Waals surface area contributed by atoms with Gasteiger partial charge in [0.1, 0.15) is 6.04 Å². The molecule has 0 radical (unpaired) electrons. The van der Waals surface area contributed by atoms with Crippen molar-refractivity contribution in [3.8, 4) is 0 Å². The summed E-state index contributed by atoms with van der Waals surface area (Å²) >= 11 is 0. The average Bonchev–Trinajstić information content (AvgIpc) is 2.39. The molecule has 0 aromatic rings. The fourth-order valence-corrected chi connectivity index (χ4v) is 2.25. The molecule has 104 valence electrons. The van der Waals surface area contributed by atoms with Gasteiger partial charge in [0.2, 0.25) is 11.8 Å². The van der Waals surface area contributed by atoms with E-state index in [1.807, 2.05) is 0 Å². The Morgan fingerprint density at radius 2 is 2.00 bits per heavy atom. The third-order valence-electron chi connectivity index (χ3n) is 3.45. The Bertz CT molecular complexity index is 295. The summed E-state index contributed by atoms with van der Waals surface area (Å²) in [6, 6.07) is -0.522. The van der Waals surface area contributed by atoms with E-state index >= 15 is 0 Å². The van der Waals surface area contributed by atoms with Gasteiger partial charge in [0.05, 0.1) is 12.0 Å². The van der Waals surface area contributed by atoms with E-state index in [1.54, 1.807) is 21.1 Å². The third-order valence-corrected chi connectivity index (χ3v) is 3.45. The van der Waals surface area contributed by atoms with Gasteiger partial charge in [0, 0.05) is 14.2 Å². The Morgan fingerprint density at radius 3 is 2.50 bits per heavy atom. The number of methoxy groups -OCH3 is 1. The molecule has 18 heavy (non-hydrogen) atoms. The number of hydrogen-bond acceptors (Lipinski definition) is 4. The van der Waals surface area contributed by atoms with Crippen molar-refractivity contribution in [2.75, 3.05) is 33.9 Å². The highest BCUT2D eigenvalue weighted by atomic mass is 16.5. The minimum absolute atomic E-state index is 0.0954. The van der Waals surface area contributed by atoms with Crippen molar-refractivity contribution < 1.29 is 14.3 Å². The summed E-state index contributed by atoms with van der Waals surface area (Å²) in [5.74, 6) is -0.285. The highest BCUT2D eigenvalue weighted by Crippen LogP contribution is 2.29. The van der Waals surface area contributed by atoms with Gasteiger partial charge in [-0.1, -0.05) is 0 Å². The summed E-state index contributed by atoms with van der Waals surface area (Å²) in [4.78, 5) is 23.8. The first-order valence-electron chi connectivity index (χ1n) is 6.28. The maximum absolute atomic E-state index is 12.3. The number of likely N-dealkylation sites (N-methyl/N-ethyl adjacent to an activating group) is 1. The highest BCUT2D eigenvalue weighted by molar-refractivity contribution is 5.89. The van der Waals surface area contributed by atoms with E-state index in [0.717, 1.165) is 25.9 Å². The summed E-state index contributed by atoms with van der Waals surface area (Å²) in [5, 5.41) is 8.51. The summed E-state index contributed by atoms with van der Waals surface area (Å²) in [5.41, 5.74) is -0.512. The third kappa shape index (κ3) is 3.43. The first-order valence-corrected chi connectivity index (χ1v) is 6.28. The van der Waals surface area contributed by atoms with Gasteiger partial charge >= 0.3 is 0 Å². The van der Waals surface area contributed by atoms with Gasteiger partial charge in [-0.3, -0.25) is 9.59 Å². The van der Waals surface area contributed by atoms with Gasteiger partial charge in [-0.15, -0.1) is 0 Å². The van der Waals surface area contributed by atoms with Crippen LogP contribution in [0.4, 0.5) is 0 Å². The lowest BCUT2D eigenvalue weighted by Gasteiger charge is -2.36. The van der Waals surface area contributed by atoms with Crippen molar-refractivity contribution in [1.82, 2.24) is 16.0 Å². The van der Waals surface area contributed by atoms with Crippen molar-refractivity contribution >= 4 is 11.8 Å². The number of amides is 2. The van der Waals surface area contributed by atoms with Gasteiger partial charge in [-0.05, 0) is 32.9 Å². The fourth-order valence-electron chi connectivity index (χ4n) is 2.25. The number of piperidine rings is 1. The lowest BCUT2D eigenvalue weighted by atomic mass is 9.78. The summed E-state index contributed by atoms with van der Waals surface area (Å²) in [7, 11) is 3.15. The molecule has 1 aliphatic rings. The molecule has 6 nitrogen and oxygen atoms in total. The Hall–Kier alpha value is -1.14. The number of carbonyl (C=O) groups is 2. The topological polar surface area (TPSA) is 79.5 Å². The molecule has 1 saturated heterocycles. The van der Waals surface area contributed by atoms with Gasteiger partial charge in [-0.2, -0.15) is 0 Å². The molecule has 1 fully saturated rings. The van der Waals surface area contributed by atoms with E-state index in [0.29, 0.717) is 6.61 Å². The second-order valence-corrected chi connectivity index (χ2v) is 4.77.